The summed E-state index contributed by atoms with van der Waals surface area (Å²) >= 11 is 7.10. The molecule has 0 aliphatic heterocycles. The van der Waals surface area contributed by atoms with Gasteiger partial charge in [-0.3, -0.25) is 14.4 Å². The van der Waals surface area contributed by atoms with Crippen LogP contribution in [0.25, 0.3) is 0 Å². The number of rotatable bonds is 8. The molecule has 0 spiro atoms. The van der Waals surface area contributed by atoms with Gasteiger partial charge in [0.1, 0.15) is 5.82 Å². The van der Waals surface area contributed by atoms with E-state index in [-0.39, 0.29) is 47.2 Å². The Labute approximate surface area is 195 Å². The summed E-state index contributed by atoms with van der Waals surface area (Å²) in [7, 11) is 0. The van der Waals surface area contributed by atoms with Gasteiger partial charge >= 0.3 is 11.9 Å². The lowest BCUT2D eigenvalue weighted by molar-refractivity contribution is -0.140. The molecule has 2 rings (SSSR count). The Bertz CT molecular complexity index is 949. The average Bonchev–Trinajstić information content (AvgIpc) is 2.74. The number of hydrogen-bond donors (Lipinski definition) is 0. The van der Waals surface area contributed by atoms with Crippen molar-refractivity contribution in [3.8, 4) is 0 Å². The van der Waals surface area contributed by atoms with Crippen LogP contribution in [0.15, 0.2) is 28.2 Å². The number of carbonyl (C=O) groups excluding carboxylic acids is 4. The van der Waals surface area contributed by atoms with Crippen molar-refractivity contribution >= 4 is 52.8 Å². The van der Waals surface area contributed by atoms with Gasteiger partial charge in [0.2, 0.25) is 5.91 Å². The fourth-order valence-electron chi connectivity index (χ4n) is 3.28. The SMILES string of the molecule is CCOC(=O)CSc1cc(N(C(C)=O)C(=O)C2=C(C(=O)OCC)CCCC2)c(F)cc1Cl. The van der Waals surface area contributed by atoms with Gasteiger partial charge < -0.3 is 9.47 Å². The van der Waals surface area contributed by atoms with Crippen LogP contribution in [-0.2, 0) is 28.7 Å². The van der Waals surface area contributed by atoms with Gasteiger partial charge in [0.25, 0.3) is 5.91 Å². The van der Waals surface area contributed by atoms with Gasteiger partial charge in [-0.1, -0.05) is 11.6 Å². The summed E-state index contributed by atoms with van der Waals surface area (Å²) in [4.78, 5) is 50.7. The maximum absolute atomic E-state index is 14.8. The number of benzene rings is 1. The third-order valence-electron chi connectivity index (χ3n) is 4.66. The molecule has 7 nitrogen and oxygen atoms in total. The van der Waals surface area contributed by atoms with Gasteiger partial charge in [0.05, 0.1) is 29.7 Å². The van der Waals surface area contributed by atoms with Crippen molar-refractivity contribution in [1.82, 2.24) is 0 Å². The molecule has 0 radical (unpaired) electrons. The maximum Gasteiger partial charge on any atom is 0.334 e. The number of thioether (sulfide) groups is 1. The van der Waals surface area contributed by atoms with Crippen LogP contribution in [0.4, 0.5) is 10.1 Å². The summed E-state index contributed by atoms with van der Waals surface area (Å²) in [6.07, 6.45) is 1.97. The number of imide groups is 1. The smallest absolute Gasteiger partial charge is 0.334 e. The van der Waals surface area contributed by atoms with Crippen molar-refractivity contribution in [1.29, 1.82) is 0 Å². The second-order valence-corrected chi connectivity index (χ2v) is 8.30. The predicted octanol–water partition coefficient (Wildman–Crippen LogP) is 4.45. The number of carbonyl (C=O) groups is 4. The van der Waals surface area contributed by atoms with E-state index in [1.807, 2.05) is 0 Å². The number of esters is 2. The molecule has 0 aromatic heterocycles. The van der Waals surface area contributed by atoms with Gasteiger partial charge in [-0.2, -0.15) is 0 Å². The lowest BCUT2D eigenvalue weighted by Gasteiger charge is -2.25. The van der Waals surface area contributed by atoms with Crippen LogP contribution in [0.1, 0.15) is 46.5 Å². The predicted molar refractivity (Wildman–Crippen MR) is 119 cm³/mol. The Morgan fingerprint density at radius 1 is 1.06 bits per heavy atom. The number of amides is 2. The highest BCUT2D eigenvalue weighted by Crippen LogP contribution is 2.36. The third-order valence-corrected chi connectivity index (χ3v) is 6.11. The minimum absolute atomic E-state index is 0.0283. The molecule has 2 amide bonds. The molecule has 0 saturated heterocycles. The second kappa shape index (κ2) is 12.0. The first-order chi connectivity index (χ1) is 15.2. The molecule has 0 atom stereocenters. The highest BCUT2D eigenvalue weighted by molar-refractivity contribution is 8.00. The van der Waals surface area contributed by atoms with E-state index in [2.05, 4.69) is 0 Å². The number of anilines is 1. The number of ether oxygens (including phenoxy) is 2. The van der Waals surface area contributed by atoms with Crippen molar-refractivity contribution in [2.75, 3.05) is 23.9 Å². The van der Waals surface area contributed by atoms with E-state index in [1.165, 1.54) is 6.07 Å². The largest absolute Gasteiger partial charge is 0.465 e. The normalized spacial score (nSPS) is 13.5. The van der Waals surface area contributed by atoms with Crippen molar-refractivity contribution < 1.29 is 33.0 Å². The van der Waals surface area contributed by atoms with Gasteiger partial charge in [0.15, 0.2) is 0 Å². The highest BCUT2D eigenvalue weighted by atomic mass is 35.5. The van der Waals surface area contributed by atoms with E-state index in [0.29, 0.717) is 29.1 Å². The summed E-state index contributed by atoms with van der Waals surface area (Å²) in [6, 6.07) is 2.23. The first kappa shape index (κ1) is 25.9. The monoisotopic (exact) mass is 485 g/mol. The van der Waals surface area contributed by atoms with Crippen LogP contribution < -0.4 is 4.90 Å². The van der Waals surface area contributed by atoms with Crippen LogP contribution in [0.2, 0.25) is 5.02 Å². The summed E-state index contributed by atoms with van der Waals surface area (Å²) < 4.78 is 24.7. The molecule has 0 heterocycles. The Morgan fingerprint density at radius 2 is 1.69 bits per heavy atom. The number of hydrogen-bond acceptors (Lipinski definition) is 7. The van der Waals surface area contributed by atoms with Gasteiger partial charge in [-0.15, -0.1) is 11.8 Å². The van der Waals surface area contributed by atoms with Crippen LogP contribution >= 0.6 is 23.4 Å². The first-order valence-electron chi connectivity index (χ1n) is 10.2. The Morgan fingerprint density at radius 3 is 2.28 bits per heavy atom. The Hall–Kier alpha value is -2.39. The summed E-state index contributed by atoms with van der Waals surface area (Å²) in [5, 5.41) is 0.0283. The minimum atomic E-state index is -0.881. The molecule has 0 N–H and O–H groups in total. The van der Waals surface area contributed by atoms with E-state index in [9.17, 15) is 23.6 Å². The highest BCUT2D eigenvalue weighted by Gasteiger charge is 2.32. The molecule has 0 bridgehead atoms. The molecule has 0 fully saturated rings. The van der Waals surface area contributed by atoms with Gasteiger partial charge in [-0.05, 0) is 51.7 Å². The lowest BCUT2D eigenvalue weighted by Crippen LogP contribution is -2.38. The third kappa shape index (κ3) is 6.32. The van der Waals surface area contributed by atoms with Crippen molar-refractivity contribution in [3.05, 3.63) is 34.1 Å². The molecule has 0 unspecified atom stereocenters. The topological polar surface area (TPSA) is 90.0 Å². The fourth-order valence-corrected chi connectivity index (χ4v) is 4.34. The van der Waals surface area contributed by atoms with Crippen molar-refractivity contribution in [2.24, 2.45) is 0 Å². The molecule has 1 aromatic rings. The van der Waals surface area contributed by atoms with Crippen LogP contribution in [0.3, 0.4) is 0 Å². The fraction of sp³-hybridized carbons (Fsp3) is 0.455. The zero-order valence-electron chi connectivity index (χ0n) is 18.2. The van der Waals surface area contributed by atoms with E-state index in [4.69, 9.17) is 21.1 Å². The Kier molecular flexibility index (Phi) is 9.71. The zero-order chi connectivity index (χ0) is 23.8. The molecule has 10 heteroatoms. The van der Waals surface area contributed by atoms with E-state index < -0.39 is 29.6 Å². The van der Waals surface area contributed by atoms with E-state index >= 15 is 0 Å². The van der Waals surface area contributed by atoms with Gasteiger partial charge in [0, 0.05) is 23.0 Å². The molecule has 1 aromatic carbocycles. The van der Waals surface area contributed by atoms with E-state index in [0.717, 1.165) is 24.8 Å². The molecular weight excluding hydrogens is 461 g/mol. The summed E-state index contributed by atoms with van der Waals surface area (Å²) in [5.74, 6) is -3.55. The summed E-state index contributed by atoms with van der Waals surface area (Å²) in [5.41, 5.74) is 0.0418. The van der Waals surface area contributed by atoms with Gasteiger partial charge in [-0.25, -0.2) is 14.1 Å². The standard InChI is InChI=1S/C22H25ClFNO6S/c1-4-30-20(27)12-32-19-11-18(17(24)10-16(19)23)25(13(3)26)21(28)14-8-6-7-9-15(14)22(29)31-5-2/h10-11H,4-9,12H2,1-3H3. The van der Waals surface area contributed by atoms with Crippen molar-refractivity contribution in [3.63, 3.8) is 0 Å². The number of halogens is 2. The lowest BCUT2D eigenvalue weighted by atomic mass is 9.90. The quantitative estimate of drug-likeness (QED) is 0.397. The van der Waals surface area contributed by atoms with Crippen LogP contribution in [0.5, 0.6) is 0 Å². The Balaban J connectivity index is 2.46. The molecule has 1 aliphatic rings. The minimum Gasteiger partial charge on any atom is -0.465 e. The summed E-state index contributed by atoms with van der Waals surface area (Å²) in [6.45, 7) is 4.82. The molecule has 174 valence electrons. The molecular formula is C22H25ClFNO6S. The second-order valence-electron chi connectivity index (χ2n) is 6.87. The zero-order valence-corrected chi connectivity index (χ0v) is 19.7. The molecule has 0 saturated carbocycles. The number of nitrogens with zero attached hydrogens (tertiary/aromatic N) is 1. The van der Waals surface area contributed by atoms with E-state index in [1.54, 1.807) is 13.8 Å². The molecule has 1 aliphatic carbocycles. The average molecular weight is 486 g/mol. The van der Waals surface area contributed by atoms with Crippen LogP contribution in [0, 0.1) is 5.82 Å². The maximum atomic E-state index is 14.8. The van der Waals surface area contributed by atoms with Crippen molar-refractivity contribution in [2.45, 2.75) is 51.3 Å². The van der Waals surface area contributed by atoms with Crippen LogP contribution in [-0.4, -0.2) is 42.7 Å². The molecule has 32 heavy (non-hydrogen) atoms. The first-order valence-corrected chi connectivity index (χ1v) is 11.6.